The topological polar surface area (TPSA) is 26.3 Å². The molecule has 0 spiro atoms. The number of carbonyl (C=O) groups is 1. The third-order valence-electron chi connectivity index (χ3n) is 2.96. The van der Waals surface area contributed by atoms with Crippen molar-refractivity contribution in [3.8, 4) is 0 Å². The largest absolute Gasteiger partial charge is 0.458 e. The highest BCUT2D eigenvalue weighted by Crippen LogP contribution is 2.10. The zero-order valence-corrected chi connectivity index (χ0v) is 12.1. The van der Waals surface area contributed by atoms with Crippen molar-refractivity contribution in [3.63, 3.8) is 0 Å². The summed E-state index contributed by atoms with van der Waals surface area (Å²) in [4.78, 5) is 11.0. The minimum atomic E-state index is -0.215. The molecule has 1 atom stereocenters. The van der Waals surface area contributed by atoms with E-state index in [0.717, 1.165) is 19.3 Å². The Hall–Kier alpha value is -1.57. The molecule has 1 aromatic rings. The minimum Gasteiger partial charge on any atom is -0.458 e. The normalized spacial score (nSPS) is 12.8. The third-order valence-corrected chi connectivity index (χ3v) is 2.96. The molecule has 1 rings (SSSR count). The van der Waals surface area contributed by atoms with Crippen molar-refractivity contribution in [3.05, 3.63) is 48.0 Å². The quantitative estimate of drug-likeness (QED) is 0.418. The van der Waals surface area contributed by atoms with Gasteiger partial charge in [-0.1, -0.05) is 50.3 Å². The molecule has 2 heteroatoms. The first kappa shape index (κ1) is 15.5. The minimum absolute atomic E-state index is 0.103. The fourth-order valence-corrected chi connectivity index (χ4v) is 1.89. The average Bonchev–Trinajstić information content (AvgIpc) is 2.37. The Labute approximate surface area is 116 Å². The number of hydrogen-bond donors (Lipinski definition) is 0. The van der Waals surface area contributed by atoms with Gasteiger partial charge in [-0.3, -0.25) is 4.79 Å². The smallest absolute Gasteiger partial charge is 0.303 e. The lowest BCUT2D eigenvalue weighted by Crippen LogP contribution is -2.19. The van der Waals surface area contributed by atoms with Crippen LogP contribution in [0.2, 0.25) is 0 Å². The number of ether oxygens (including phenoxy) is 1. The molecule has 0 aromatic heterocycles. The molecule has 1 unspecified atom stereocenters. The first-order chi connectivity index (χ1) is 9.09. The summed E-state index contributed by atoms with van der Waals surface area (Å²) in [5.74, 6) is 0.0990. The lowest BCUT2D eigenvalue weighted by molar-refractivity contribution is -0.145. The molecule has 0 radical (unpaired) electrons. The molecule has 0 fully saturated rings. The summed E-state index contributed by atoms with van der Waals surface area (Å²) in [6.45, 7) is 5.57. The zero-order valence-electron chi connectivity index (χ0n) is 12.1. The second-order valence-corrected chi connectivity index (χ2v) is 5.12. The van der Waals surface area contributed by atoms with Gasteiger partial charge in [0, 0.05) is 6.92 Å². The molecule has 1 aromatic carbocycles. The van der Waals surface area contributed by atoms with E-state index in [0.29, 0.717) is 5.92 Å². The third kappa shape index (κ3) is 6.80. The fraction of sp³-hybridized carbons (Fsp3) is 0.471. The first-order valence-electron chi connectivity index (χ1n) is 6.97. The first-order valence-corrected chi connectivity index (χ1v) is 6.97. The lowest BCUT2D eigenvalue weighted by Gasteiger charge is -2.16. The van der Waals surface area contributed by atoms with Crippen LogP contribution in [-0.2, 0) is 16.0 Å². The van der Waals surface area contributed by atoms with Crippen LogP contribution < -0.4 is 0 Å². The van der Waals surface area contributed by atoms with Crippen LogP contribution in [0.3, 0.4) is 0 Å². The van der Waals surface area contributed by atoms with Crippen molar-refractivity contribution in [2.45, 2.75) is 46.1 Å². The van der Waals surface area contributed by atoms with Crippen LogP contribution in [0.15, 0.2) is 42.5 Å². The standard InChI is InChI=1S/C17H24O2/c1-14(2)17(19-15(3)18)13-9-5-8-12-16-10-6-4-7-11-16/h4,6-7,9-11,13-14,17H,5,8,12H2,1-3H3/b13-9-. The van der Waals surface area contributed by atoms with Crippen LogP contribution in [0.5, 0.6) is 0 Å². The number of rotatable bonds is 7. The SMILES string of the molecule is CC(=O)OC(/C=C\CCCc1ccccc1)C(C)C. The molecule has 0 aliphatic heterocycles. The van der Waals surface area contributed by atoms with Gasteiger partial charge in [0.15, 0.2) is 0 Å². The van der Waals surface area contributed by atoms with Gasteiger partial charge < -0.3 is 4.74 Å². The number of benzene rings is 1. The second kappa shape index (κ2) is 8.52. The molecule has 0 aliphatic carbocycles. The Morgan fingerprint density at radius 2 is 1.95 bits per heavy atom. The lowest BCUT2D eigenvalue weighted by atomic mass is 10.0. The number of unbranched alkanes of at least 4 members (excludes halogenated alkanes) is 1. The van der Waals surface area contributed by atoms with E-state index in [2.05, 4.69) is 44.2 Å². The van der Waals surface area contributed by atoms with Gasteiger partial charge in [-0.25, -0.2) is 0 Å². The van der Waals surface area contributed by atoms with Crippen molar-refractivity contribution < 1.29 is 9.53 Å². The summed E-state index contributed by atoms with van der Waals surface area (Å²) in [5.41, 5.74) is 1.37. The van der Waals surface area contributed by atoms with E-state index in [4.69, 9.17) is 4.74 Å². The van der Waals surface area contributed by atoms with Gasteiger partial charge in [0.2, 0.25) is 0 Å². The van der Waals surface area contributed by atoms with Gasteiger partial charge in [-0.15, -0.1) is 0 Å². The molecule has 0 saturated carbocycles. The van der Waals surface area contributed by atoms with Crippen molar-refractivity contribution in [2.75, 3.05) is 0 Å². The highest BCUT2D eigenvalue weighted by Gasteiger charge is 2.12. The van der Waals surface area contributed by atoms with Gasteiger partial charge in [-0.2, -0.15) is 0 Å². The summed E-state index contributed by atoms with van der Waals surface area (Å²) in [7, 11) is 0. The van der Waals surface area contributed by atoms with E-state index in [1.54, 1.807) is 0 Å². The molecule has 0 saturated heterocycles. The molecule has 0 bridgehead atoms. The van der Waals surface area contributed by atoms with Crippen LogP contribution in [0.1, 0.15) is 39.2 Å². The Morgan fingerprint density at radius 1 is 1.26 bits per heavy atom. The predicted molar refractivity (Wildman–Crippen MR) is 78.9 cm³/mol. The van der Waals surface area contributed by atoms with Gasteiger partial charge in [-0.05, 0) is 36.8 Å². The molecule has 0 heterocycles. The maximum atomic E-state index is 11.0. The van der Waals surface area contributed by atoms with Crippen LogP contribution in [-0.4, -0.2) is 12.1 Å². The Kier molecular flexibility index (Phi) is 6.94. The molecule has 0 N–H and O–H groups in total. The van der Waals surface area contributed by atoms with E-state index >= 15 is 0 Å². The molecular weight excluding hydrogens is 236 g/mol. The van der Waals surface area contributed by atoms with Crippen molar-refractivity contribution in [1.82, 2.24) is 0 Å². The Morgan fingerprint density at radius 3 is 2.53 bits per heavy atom. The number of hydrogen-bond acceptors (Lipinski definition) is 2. The van der Waals surface area contributed by atoms with Gasteiger partial charge in [0.25, 0.3) is 0 Å². The molecule has 2 nitrogen and oxygen atoms in total. The van der Waals surface area contributed by atoms with Crippen LogP contribution >= 0.6 is 0 Å². The van der Waals surface area contributed by atoms with E-state index in [9.17, 15) is 4.79 Å². The molecule has 0 amide bonds. The zero-order chi connectivity index (χ0) is 14.1. The van der Waals surface area contributed by atoms with Gasteiger partial charge in [0.1, 0.15) is 6.10 Å². The average molecular weight is 260 g/mol. The van der Waals surface area contributed by atoms with Crippen LogP contribution in [0.25, 0.3) is 0 Å². The number of carbonyl (C=O) groups excluding carboxylic acids is 1. The number of allylic oxidation sites excluding steroid dienone is 1. The summed E-state index contributed by atoms with van der Waals surface area (Å²) in [6, 6.07) is 10.5. The maximum Gasteiger partial charge on any atom is 0.303 e. The predicted octanol–water partition coefficient (Wildman–Crippen LogP) is 4.15. The van der Waals surface area contributed by atoms with E-state index in [1.165, 1.54) is 12.5 Å². The Bertz CT molecular complexity index is 393. The highest BCUT2D eigenvalue weighted by molar-refractivity contribution is 5.66. The van der Waals surface area contributed by atoms with Crippen LogP contribution in [0.4, 0.5) is 0 Å². The van der Waals surface area contributed by atoms with Crippen molar-refractivity contribution in [2.24, 2.45) is 5.92 Å². The molecule has 0 aliphatic rings. The molecular formula is C17H24O2. The summed E-state index contributed by atoms with van der Waals surface area (Å²) in [6.07, 6.45) is 7.25. The molecule has 19 heavy (non-hydrogen) atoms. The fourth-order valence-electron chi connectivity index (χ4n) is 1.89. The maximum absolute atomic E-state index is 11.0. The Balaban J connectivity index is 2.30. The highest BCUT2D eigenvalue weighted by atomic mass is 16.5. The van der Waals surface area contributed by atoms with Gasteiger partial charge in [0.05, 0.1) is 0 Å². The second-order valence-electron chi connectivity index (χ2n) is 5.12. The monoisotopic (exact) mass is 260 g/mol. The van der Waals surface area contributed by atoms with Crippen molar-refractivity contribution >= 4 is 5.97 Å². The number of esters is 1. The number of aryl methyl sites for hydroxylation is 1. The molecule has 104 valence electrons. The van der Waals surface area contributed by atoms with Gasteiger partial charge >= 0.3 is 5.97 Å². The summed E-state index contributed by atoms with van der Waals surface area (Å²) >= 11 is 0. The van der Waals surface area contributed by atoms with Crippen molar-refractivity contribution in [1.29, 1.82) is 0 Å². The van der Waals surface area contributed by atoms with E-state index in [-0.39, 0.29) is 12.1 Å². The van der Waals surface area contributed by atoms with E-state index in [1.807, 2.05) is 12.1 Å². The summed E-state index contributed by atoms with van der Waals surface area (Å²) in [5, 5.41) is 0. The van der Waals surface area contributed by atoms with E-state index < -0.39 is 0 Å². The van der Waals surface area contributed by atoms with Crippen LogP contribution in [0, 0.1) is 5.92 Å². The summed E-state index contributed by atoms with van der Waals surface area (Å²) < 4.78 is 5.25.